The molecule has 0 bridgehead atoms. The van der Waals surface area contributed by atoms with Gasteiger partial charge < -0.3 is 0 Å². The van der Waals surface area contributed by atoms with Gasteiger partial charge in [0.15, 0.2) is 0 Å². The zero-order valence-electron chi connectivity index (χ0n) is 15.5. The fourth-order valence-corrected chi connectivity index (χ4v) is 8.48. The highest BCUT2D eigenvalue weighted by atomic mass is 32.2. The predicted octanol–water partition coefficient (Wildman–Crippen LogP) is 6.23. The van der Waals surface area contributed by atoms with Gasteiger partial charge in [-0.3, -0.25) is 4.21 Å². The lowest BCUT2D eigenvalue weighted by Crippen LogP contribution is -2.51. The summed E-state index contributed by atoms with van der Waals surface area (Å²) in [6.45, 7) is 9.29. The Balaban J connectivity index is 2.28. The van der Waals surface area contributed by atoms with Gasteiger partial charge in [-0.1, -0.05) is 66.2 Å². The maximum Gasteiger partial charge on any atom is 0.0467 e. The number of rotatable bonds is 6. The van der Waals surface area contributed by atoms with Crippen LogP contribution in [0.25, 0.3) is 0 Å². The maximum atomic E-state index is 14.0. The molecule has 2 aliphatic rings. The van der Waals surface area contributed by atoms with Crippen molar-refractivity contribution in [3.05, 3.63) is 0 Å². The molecular formula is C20H38OS. The minimum atomic E-state index is -0.651. The molecule has 2 saturated carbocycles. The molecule has 0 radical (unpaired) electrons. The van der Waals surface area contributed by atoms with E-state index < -0.39 is 10.8 Å². The Morgan fingerprint density at radius 3 is 1.27 bits per heavy atom. The maximum absolute atomic E-state index is 14.0. The van der Waals surface area contributed by atoms with Crippen LogP contribution in [0.4, 0.5) is 0 Å². The minimum Gasteiger partial charge on any atom is -0.258 e. The van der Waals surface area contributed by atoms with E-state index in [1.54, 1.807) is 0 Å². The Bertz CT molecular complexity index is 326. The highest BCUT2D eigenvalue weighted by Crippen LogP contribution is 2.48. The van der Waals surface area contributed by atoms with E-state index in [4.69, 9.17) is 0 Å². The first kappa shape index (κ1) is 18.5. The van der Waals surface area contributed by atoms with Crippen molar-refractivity contribution < 1.29 is 4.21 Å². The monoisotopic (exact) mass is 326 g/mol. The number of hydrogen-bond acceptors (Lipinski definition) is 1. The quantitative estimate of drug-likeness (QED) is 0.565. The van der Waals surface area contributed by atoms with Gasteiger partial charge in [0, 0.05) is 20.3 Å². The fraction of sp³-hybridized carbons (Fsp3) is 1.00. The summed E-state index contributed by atoms with van der Waals surface area (Å²) in [4.78, 5) is 0. The van der Waals surface area contributed by atoms with Crippen LogP contribution in [-0.2, 0) is 10.8 Å². The van der Waals surface area contributed by atoms with Crippen molar-refractivity contribution in [1.82, 2.24) is 0 Å². The highest BCUT2D eigenvalue weighted by Gasteiger charge is 2.49. The van der Waals surface area contributed by atoms with Crippen molar-refractivity contribution >= 4 is 10.8 Å². The van der Waals surface area contributed by atoms with Gasteiger partial charge in [0.05, 0.1) is 0 Å². The molecule has 0 saturated heterocycles. The highest BCUT2D eigenvalue weighted by molar-refractivity contribution is 7.87. The summed E-state index contributed by atoms with van der Waals surface area (Å²) in [5.74, 6) is 1.34. The van der Waals surface area contributed by atoms with Crippen LogP contribution in [0.3, 0.4) is 0 Å². The molecule has 2 heteroatoms. The lowest BCUT2D eigenvalue weighted by molar-refractivity contribution is 0.296. The van der Waals surface area contributed by atoms with Crippen molar-refractivity contribution in [2.75, 3.05) is 0 Å². The van der Waals surface area contributed by atoms with Gasteiger partial charge in [-0.05, 0) is 50.4 Å². The average Bonchev–Trinajstić information content (AvgIpc) is 2.47. The largest absolute Gasteiger partial charge is 0.258 e. The molecule has 0 amide bonds. The lowest BCUT2D eigenvalue weighted by Gasteiger charge is -2.48. The molecule has 0 N–H and O–H groups in total. The third kappa shape index (κ3) is 4.16. The normalized spacial score (nSPS) is 25.0. The van der Waals surface area contributed by atoms with Gasteiger partial charge in [0.2, 0.25) is 0 Å². The van der Waals surface area contributed by atoms with Crippen molar-refractivity contribution in [2.45, 2.75) is 114 Å². The molecule has 2 fully saturated rings. The molecule has 0 aromatic rings. The first-order valence-corrected chi connectivity index (χ1v) is 11.0. The Morgan fingerprint density at radius 2 is 1.00 bits per heavy atom. The van der Waals surface area contributed by atoms with Gasteiger partial charge in [0.1, 0.15) is 0 Å². The van der Waals surface area contributed by atoms with Crippen LogP contribution >= 0.6 is 0 Å². The van der Waals surface area contributed by atoms with Crippen molar-refractivity contribution in [1.29, 1.82) is 0 Å². The van der Waals surface area contributed by atoms with E-state index in [0.29, 0.717) is 11.8 Å². The second-order valence-corrected chi connectivity index (χ2v) is 11.2. The minimum absolute atomic E-state index is 0.138. The molecule has 2 rings (SSSR count). The molecule has 0 heterocycles. The van der Waals surface area contributed by atoms with Crippen molar-refractivity contribution in [2.24, 2.45) is 11.8 Å². The van der Waals surface area contributed by atoms with Crippen LogP contribution < -0.4 is 0 Å². The standard InChI is InChI=1S/C20H38OS/c1-17(2)15-19(11-7-5-8-12-19)22(21)20(16-18(3)4)13-9-6-10-14-20/h17-18H,5-16H2,1-4H3. The molecule has 1 nitrogen and oxygen atoms in total. The summed E-state index contributed by atoms with van der Waals surface area (Å²) in [7, 11) is -0.651. The Kier molecular flexibility index (Phi) is 6.57. The first-order valence-electron chi connectivity index (χ1n) is 9.82. The van der Waals surface area contributed by atoms with Crippen LogP contribution in [0.2, 0.25) is 0 Å². The molecule has 0 unspecified atom stereocenters. The van der Waals surface area contributed by atoms with Gasteiger partial charge in [-0.2, -0.15) is 0 Å². The van der Waals surface area contributed by atoms with Crippen LogP contribution in [-0.4, -0.2) is 13.7 Å². The van der Waals surface area contributed by atoms with E-state index in [1.165, 1.54) is 77.0 Å². The fourth-order valence-electron chi connectivity index (χ4n) is 5.27. The van der Waals surface area contributed by atoms with E-state index in [9.17, 15) is 4.21 Å². The Labute approximate surface area is 141 Å². The second kappa shape index (κ2) is 7.81. The SMILES string of the molecule is CC(C)CC1(S(=O)C2(CC(C)C)CCCCC2)CCCCC1. The summed E-state index contributed by atoms with van der Waals surface area (Å²) < 4.78 is 14.3. The van der Waals surface area contributed by atoms with E-state index in [-0.39, 0.29) is 9.49 Å². The van der Waals surface area contributed by atoms with E-state index in [0.717, 1.165) is 0 Å². The third-order valence-electron chi connectivity index (χ3n) is 5.88. The van der Waals surface area contributed by atoms with Gasteiger partial charge in [-0.15, -0.1) is 0 Å². The second-order valence-electron chi connectivity index (χ2n) is 8.95. The zero-order valence-corrected chi connectivity index (χ0v) is 16.3. The van der Waals surface area contributed by atoms with Crippen molar-refractivity contribution in [3.63, 3.8) is 0 Å². The van der Waals surface area contributed by atoms with Crippen LogP contribution in [0, 0.1) is 11.8 Å². The van der Waals surface area contributed by atoms with E-state index in [1.807, 2.05) is 0 Å². The summed E-state index contributed by atoms with van der Waals surface area (Å²) in [5.41, 5.74) is 0. The molecule has 0 atom stereocenters. The third-order valence-corrected chi connectivity index (χ3v) is 8.60. The van der Waals surface area contributed by atoms with Crippen LogP contribution in [0.1, 0.15) is 105 Å². The molecule has 0 aromatic heterocycles. The molecule has 22 heavy (non-hydrogen) atoms. The van der Waals surface area contributed by atoms with Crippen LogP contribution in [0.5, 0.6) is 0 Å². The van der Waals surface area contributed by atoms with Gasteiger partial charge >= 0.3 is 0 Å². The topological polar surface area (TPSA) is 17.1 Å². The summed E-state index contributed by atoms with van der Waals surface area (Å²) in [5, 5.41) is 0. The average molecular weight is 327 g/mol. The molecule has 2 aliphatic carbocycles. The lowest BCUT2D eigenvalue weighted by atomic mass is 9.81. The molecule has 0 spiro atoms. The smallest absolute Gasteiger partial charge is 0.0467 e. The predicted molar refractivity (Wildman–Crippen MR) is 98.7 cm³/mol. The van der Waals surface area contributed by atoms with E-state index in [2.05, 4.69) is 27.7 Å². The summed E-state index contributed by atoms with van der Waals surface area (Å²) >= 11 is 0. The Morgan fingerprint density at radius 1 is 0.682 bits per heavy atom. The zero-order chi connectivity index (χ0) is 16.2. The van der Waals surface area contributed by atoms with E-state index >= 15 is 0 Å². The molecular weight excluding hydrogens is 288 g/mol. The first-order chi connectivity index (χ1) is 10.4. The van der Waals surface area contributed by atoms with Crippen LogP contribution in [0.15, 0.2) is 0 Å². The Hall–Kier alpha value is 0.150. The summed E-state index contributed by atoms with van der Waals surface area (Å²) in [6.07, 6.45) is 15.2. The molecule has 0 aromatic carbocycles. The molecule has 0 aliphatic heterocycles. The number of hydrogen-bond donors (Lipinski definition) is 0. The van der Waals surface area contributed by atoms with Crippen molar-refractivity contribution in [3.8, 4) is 0 Å². The molecule has 130 valence electrons. The van der Waals surface area contributed by atoms with Gasteiger partial charge in [0.25, 0.3) is 0 Å². The van der Waals surface area contributed by atoms with Gasteiger partial charge in [-0.25, -0.2) is 0 Å². The summed E-state index contributed by atoms with van der Waals surface area (Å²) in [6, 6.07) is 0.